The number of hydrogen-bond donors (Lipinski definition) is 1. The van der Waals surface area contributed by atoms with E-state index in [1.807, 2.05) is 6.20 Å². The molecule has 1 aliphatic carbocycles. The van der Waals surface area contributed by atoms with Gasteiger partial charge in [-0.3, -0.25) is 9.97 Å². The first-order valence-corrected chi connectivity index (χ1v) is 7.61. The van der Waals surface area contributed by atoms with Crippen molar-refractivity contribution in [3.05, 3.63) is 24.3 Å². The lowest BCUT2D eigenvalue weighted by Crippen LogP contribution is -2.35. The van der Waals surface area contributed by atoms with Crippen molar-refractivity contribution in [2.24, 2.45) is 11.3 Å². The quantitative estimate of drug-likeness (QED) is 0.848. The van der Waals surface area contributed by atoms with Crippen LogP contribution in [0.25, 0.3) is 0 Å². The highest BCUT2D eigenvalue weighted by molar-refractivity contribution is 5.01. The predicted molar refractivity (Wildman–Crippen MR) is 78.8 cm³/mol. The maximum atomic E-state index is 4.38. The fraction of sp³-hybridized carbons (Fsp3) is 0.750. The summed E-state index contributed by atoms with van der Waals surface area (Å²) in [5.41, 5.74) is 1.56. The van der Waals surface area contributed by atoms with E-state index in [-0.39, 0.29) is 0 Å². The van der Waals surface area contributed by atoms with Gasteiger partial charge in [0.2, 0.25) is 0 Å². The van der Waals surface area contributed by atoms with E-state index in [4.69, 9.17) is 0 Å². The van der Waals surface area contributed by atoms with Crippen molar-refractivity contribution in [2.75, 3.05) is 6.54 Å². The number of rotatable bonds is 6. The van der Waals surface area contributed by atoms with Gasteiger partial charge in [-0.2, -0.15) is 0 Å². The molecule has 19 heavy (non-hydrogen) atoms. The third-order valence-electron chi connectivity index (χ3n) is 4.32. The van der Waals surface area contributed by atoms with E-state index in [0.717, 1.165) is 18.2 Å². The SMILES string of the molecule is CC(C)CC1(CNC(C)c2cnccn2)CCCC1. The lowest BCUT2D eigenvalue weighted by atomic mass is 9.78. The van der Waals surface area contributed by atoms with E-state index >= 15 is 0 Å². The molecule has 0 bridgehead atoms. The van der Waals surface area contributed by atoms with Gasteiger partial charge < -0.3 is 5.32 Å². The van der Waals surface area contributed by atoms with Crippen LogP contribution in [0.15, 0.2) is 18.6 Å². The Morgan fingerprint density at radius 2 is 1.95 bits per heavy atom. The molecule has 0 radical (unpaired) electrons. The van der Waals surface area contributed by atoms with Crippen molar-refractivity contribution < 1.29 is 0 Å². The van der Waals surface area contributed by atoms with Gasteiger partial charge >= 0.3 is 0 Å². The van der Waals surface area contributed by atoms with Crippen molar-refractivity contribution in [1.82, 2.24) is 15.3 Å². The monoisotopic (exact) mass is 261 g/mol. The molecule has 1 unspecified atom stereocenters. The van der Waals surface area contributed by atoms with Crippen LogP contribution in [0, 0.1) is 11.3 Å². The number of nitrogens with one attached hydrogen (secondary N) is 1. The predicted octanol–water partition coefficient (Wildman–Crippen LogP) is 3.73. The van der Waals surface area contributed by atoms with Crippen molar-refractivity contribution >= 4 is 0 Å². The molecule has 0 spiro atoms. The van der Waals surface area contributed by atoms with E-state index in [0.29, 0.717) is 11.5 Å². The number of aromatic nitrogens is 2. The normalized spacial score (nSPS) is 19.8. The molecular formula is C16H27N3. The Balaban J connectivity index is 1.92. The molecule has 1 heterocycles. The summed E-state index contributed by atoms with van der Waals surface area (Å²) in [6, 6.07) is 0.290. The Hall–Kier alpha value is -0.960. The second kappa shape index (κ2) is 6.47. The Labute approximate surface area is 117 Å². The van der Waals surface area contributed by atoms with E-state index in [1.165, 1.54) is 32.1 Å². The summed E-state index contributed by atoms with van der Waals surface area (Å²) in [7, 11) is 0. The molecule has 3 heteroatoms. The van der Waals surface area contributed by atoms with Gasteiger partial charge in [0.25, 0.3) is 0 Å². The molecule has 0 aliphatic heterocycles. The van der Waals surface area contributed by atoms with Gasteiger partial charge in [0, 0.05) is 31.2 Å². The van der Waals surface area contributed by atoms with E-state index < -0.39 is 0 Å². The van der Waals surface area contributed by atoms with Gasteiger partial charge in [-0.05, 0) is 37.5 Å². The summed E-state index contributed by atoms with van der Waals surface area (Å²) in [6.45, 7) is 7.98. The lowest BCUT2D eigenvalue weighted by Gasteiger charge is -2.32. The van der Waals surface area contributed by atoms with Crippen LogP contribution in [0.3, 0.4) is 0 Å². The molecule has 1 aromatic rings. The second-order valence-corrected chi connectivity index (χ2v) is 6.54. The summed E-state index contributed by atoms with van der Waals surface area (Å²) in [5.74, 6) is 0.784. The highest BCUT2D eigenvalue weighted by Crippen LogP contribution is 2.42. The van der Waals surface area contributed by atoms with Crippen molar-refractivity contribution in [3.8, 4) is 0 Å². The molecular weight excluding hydrogens is 234 g/mol. The molecule has 2 rings (SSSR count). The molecule has 0 aromatic carbocycles. The van der Waals surface area contributed by atoms with Gasteiger partial charge in [0.1, 0.15) is 0 Å². The van der Waals surface area contributed by atoms with Crippen LogP contribution in [0.2, 0.25) is 0 Å². The molecule has 1 aliphatic rings. The standard InChI is InChI=1S/C16H27N3/c1-13(2)10-16(6-4-5-7-16)12-19-14(3)15-11-17-8-9-18-15/h8-9,11,13-14,19H,4-7,10,12H2,1-3H3. The first-order valence-electron chi connectivity index (χ1n) is 7.61. The minimum Gasteiger partial charge on any atom is -0.308 e. The van der Waals surface area contributed by atoms with Crippen LogP contribution in [0.1, 0.15) is 64.6 Å². The zero-order chi connectivity index (χ0) is 13.7. The Kier molecular flexibility index (Phi) is 4.92. The zero-order valence-corrected chi connectivity index (χ0v) is 12.5. The first kappa shape index (κ1) is 14.4. The molecule has 0 saturated heterocycles. The molecule has 1 aromatic heterocycles. The van der Waals surface area contributed by atoms with Crippen molar-refractivity contribution in [1.29, 1.82) is 0 Å². The van der Waals surface area contributed by atoms with Crippen molar-refractivity contribution in [3.63, 3.8) is 0 Å². The molecule has 0 amide bonds. The van der Waals surface area contributed by atoms with E-state index in [9.17, 15) is 0 Å². The summed E-state index contributed by atoms with van der Waals surface area (Å²) in [4.78, 5) is 8.53. The molecule has 1 atom stereocenters. The number of nitrogens with zero attached hydrogens (tertiary/aromatic N) is 2. The van der Waals surface area contributed by atoms with Crippen LogP contribution in [0.4, 0.5) is 0 Å². The van der Waals surface area contributed by atoms with Gasteiger partial charge in [-0.25, -0.2) is 0 Å². The largest absolute Gasteiger partial charge is 0.308 e. The fourth-order valence-electron chi connectivity index (χ4n) is 3.45. The Morgan fingerprint density at radius 1 is 1.21 bits per heavy atom. The maximum absolute atomic E-state index is 4.38. The lowest BCUT2D eigenvalue weighted by molar-refractivity contribution is 0.216. The summed E-state index contributed by atoms with van der Waals surface area (Å²) in [6.07, 6.45) is 12.3. The van der Waals surface area contributed by atoms with Crippen molar-refractivity contribution in [2.45, 2.75) is 58.9 Å². The molecule has 3 nitrogen and oxygen atoms in total. The van der Waals surface area contributed by atoms with Gasteiger partial charge in [-0.1, -0.05) is 26.7 Å². The van der Waals surface area contributed by atoms with Gasteiger partial charge in [-0.15, -0.1) is 0 Å². The fourth-order valence-corrected chi connectivity index (χ4v) is 3.45. The Morgan fingerprint density at radius 3 is 2.53 bits per heavy atom. The third-order valence-corrected chi connectivity index (χ3v) is 4.32. The summed E-state index contributed by atoms with van der Waals surface area (Å²) >= 11 is 0. The zero-order valence-electron chi connectivity index (χ0n) is 12.5. The third kappa shape index (κ3) is 4.00. The van der Waals surface area contributed by atoms with Crippen LogP contribution in [-0.4, -0.2) is 16.5 Å². The highest BCUT2D eigenvalue weighted by Gasteiger charge is 2.34. The summed E-state index contributed by atoms with van der Waals surface area (Å²) < 4.78 is 0. The minimum atomic E-state index is 0.290. The van der Waals surface area contributed by atoms with Crippen LogP contribution >= 0.6 is 0 Å². The van der Waals surface area contributed by atoms with Gasteiger partial charge in [0.05, 0.1) is 5.69 Å². The summed E-state index contributed by atoms with van der Waals surface area (Å²) in [5, 5.41) is 3.68. The molecule has 106 valence electrons. The maximum Gasteiger partial charge on any atom is 0.0753 e. The van der Waals surface area contributed by atoms with Crippen LogP contribution in [0.5, 0.6) is 0 Å². The first-order chi connectivity index (χ1) is 9.11. The smallest absolute Gasteiger partial charge is 0.0753 e. The molecule has 1 N–H and O–H groups in total. The van der Waals surface area contributed by atoms with Crippen LogP contribution in [-0.2, 0) is 0 Å². The topological polar surface area (TPSA) is 37.8 Å². The number of hydrogen-bond acceptors (Lipinski definition) is 3. The highest BCUT2D eigenvalue weighted by atomic mass is 15.0. The van der Waals surface area contributed by atoms with Gasteiger partial charge in [0.15, 0.2) is 0 Å². The average Bonchev–Trinajstić information content (AvgIpc) is 2.85. The molecule has 1 saturated carbocycles. The van der Waals surface area contributed by atoms with E-state index in [1.54, 1.807) is 12.4 Å². The minimum absolute atomic E-state index is 0.290. The Bertz CT molecular complexity index is 369. The average molecular weight is 261 g/mol. The van der Waals surface area contributed by atoms with Crippen LogP contribution < -0.4 is 5.32 Å². The molecule has 1 fully saturated rings. The van der Waals surface area contributed by atoms with E-state index in [2.05, 4.69) is 36.1 Å². The second-order valence-electron chi connectivity index (χ2n) is 6.54.